The maximum absolute atomic E-state index is 12.5. The van der Waals surface area contributed by atoms with Gasteiger partial charge < -0.3 is 0 Å². The van der Waals surface area contributed by atoms with Gasteiger partial charge in [-0.1, -0.05) is 37.6 Å². The second-order valence-corrected chi connectivity index (χ2v) is 7.35. The summed E-state index contributed by atoms with van der Waals surface area (Å²) in [4.78, 5) is 0.300. The van der Waals surface area contributed by atoms with Gasteiger partial charge in [0.25, 0.3) is 10.0 Å². The minimum absolute atomic E-state index is 0.300. The van der Waals surface area contributed by atoms with Crippen LogP contribution >= 0.6 is 0 Å². The van der Waals surface area contributed by atoms with Crippen molar-refractivity contribution in [3.05, 3.63) is 59.2 Å². The molecule has 1 N–H and O–H groups in total. The Morgan fingerprint density at radius 2 is 1.68 bits per heavy atom. The van der Waals surface area contributed by atoms with Crippen molar-refractivity contribution in [1.29, 1.82) is 0 Å². The predicted molar refractivity (Wildman–Crippen MR) is 91.8 cm³/mol. The van der Waals surface area contributed by atoms with Gasteiger partial charge in [0.1, 0.15) is 0 Å². The van der Waals surface area contributed by atoms with E-state index >= 15 is 0 Å². The average Bonchev–Trinajstić information content (AvgIpc) is 2.49. The van der Waals surface area contributed by atoms with Crippen molar-refractivity contribution in [1.82, 2.24) is 0 Å². The van der Waals surface area contributed by atoms with Gasteiger partial charge in [-0.15, -0.1) is 0 Å². The summed E-state index contributed by atoms with van der Waals surface area (Å²) in [7, 11) is -3.54. The molecule has 0 aliphatic rings. The first-order chi connectivity index (χ1) is 10.4. The van der Waals surface area contributed by atoms with Crippen LogP contribution in [0.1, 0.15) is 36.5 Å². The van der Waals surface area contributed by atoms with E-state index in [4.69, 9.17) is 0 Å². The fourth-order valence-electron chi connectivity index (χ4n) is 2.27. The van der Waals surface area contributed by atoms with E-state index in [1.807, 2.05) is 44.2 Å². The lowest BCUT2D eigenvalue weighted by Crippen LogP contribution is -2.13. The van der Waals surface area contributed by atoms with Crippen molar-refractivity contribution in [3.8, 4) is 0 Å². The first-order valence-corrected chi connectivity index (χ1v) is 9.09. The van der Waals surface area contributed by atoms with Crippen LogP contribution in [-0.2, 0) is 16.4 Å². The summed E-state index contributed by atoms with van der Waals surface area (Å²) in [5.41, 5.74) is 3.74. The Morgan fingerprint density at radius 1 is 1.00 bits per heavy atom. The van der Waals surface area contributed by atoms with Gasteiger partial charge in [0.15, 0.2) is 0 Å². The molecule has 0 spiro atoms. The summed E-state index contributed by atoms with van der Waals surface area (Å²) in [5.74, 6) is 0. The smallest absolute Gasteiger partial charge is 0.261 e. The van der Waals surface area contributed by atoms with Crippen LogP contribution in [0.15, 0.2) is 47.4 Å². The Bertz CT molecular complexity index is 734. The highest BCUT2D eigenvalue weighted by molar-refractivity contribution is 7.92. The number of sulfonamides is 1. The Hall–Kier alpha value is -1.81. The summed E-state index contributed by atoms with van der Waals surface area (Å²) in [5, 5.41) is 0. The number of anilines is 1. The van der Waals surface area contributed by atoms with Crippen molar-refractivity contribution in [2.75, 3.05) is 4.72 Å². The standard InChI is InChI=1S/C18H23NO2S/c1-4-5-6-16-9-11-17(12-10-16)22(20,21)19-18-13-14(2)7-8-15(18)3/h7-13,19H,4-6H2,1-3H3. The van der Waals surface area contributed by atoms with Gasteiger partial charge in [-0.25, -0.2) is 8.42 Å². The van der Waals surface area contributed by atoms with E-state index in [1.54, 1.807) is 12.1 Å². The average molecular weight is 317 g/mol. The lowest BCUT2D eigenvalue weighted by atomic mass is 10.1. The maximum atomic E-state index is 12.5. The second-order valence-electron chi connectivity index (χ2n) is 5.67. The molecule has 118 valence electrons. The van der Waals surface area contributed by atoms with Crippen molar-refractivity contribution in [2.45, 2.75) is 44.9 Å². The highest BCUT2D eigenvalue weighted by atomic mass is 32.2. The summed E-state index contributed by atoms with van der Waals surface area (Å²) < 4.78 is 27.6. The van der Waals surface area contributed by atoms with Crippen LogP contribution in [0.25, 0.3) is 0 Å². The molecule has 0 aliphatic heterocycles. The molecule has 22 heavy (non-hydrogen) atoms. The molecule has 0 bridgehead atoms. The van der Waals surface area contributed by atoms with E-state index in [9.17, 15) is 8.42 Å². The summed E-state index contributed by atoms with van der Waals surface area (Å²) in [6.45, 7) is 5.98. The van der Waals surface area contributed by atoms with Crippen LogP contribution < -0.4 is 4.72 Å². The molecular weight excluding hydrogens is 294 g/mol. The molecule has 0 aromatic heterocycles. The normalized spacial score (nSPS) is 11.4. The number of hydrogen-bond donors (Lipinski definition) is 1. The molecule has 3 nitrogen and oxygen atoms in total. The van der Waals surface area contributed by atoms with E-state index in [2.05, 4.69) is 11.6 Å². The number of aryl methyl sites for hydroxylation is 3. The van der Waals surface area contributed by atoms with Gasteiger partial charge >= 0.3 is 0 Å². The lowest BCUT2D eigenvalue weighted by Gasteiger charge is -2.12. The number of rotatable bonds is 6. The third-order valence-electron chi connectivity index (χ3n) is 3.69. The van der Waals surface area contributed by atoms with Gasteiger partial charge in [0.05, 0.1) is 10.6 Å². The quantitative estimate of drug-likeness (QED) is 0.855. The fourth-order valence-corrected chi connectivity index (χ4v) is 3.39. The van der Waals surface area contributed by atoms with Crippen LogP contribution in [0.5, 0.6) is 0 Å². The minimum atomic E-state index is -3.54. The molecule has 0 heterocycles. The molecule has 0 radical (unpaired) electrons. The van der Waals surface area contributed by atoms with E-state index in [-0.39, 0.29) is 0 Å². The zero-order valence-electron chi connectivity index (χ0n) is 13.4. The predicted octanol–water partition coefficient (Wildman–Crippen LogP) is 4.45. The fraction of sp³-hybridized carbons (Fsp3) is 0.333. The first-order valence-electron chi connectivity index (χ1n) is 7.61. The molecular formula is C18H23NO2S. The third kappa shape index (κ3) is 4.10. The third-order valence-corrected chi connectivity index (χ3v) is 5.07. The van der Waals surface area contributed by atoms with Gasteiger partial charge in [0, 0.05) is 0 Å². The molecule has 2 rings (SSSR count). The van der Waals surface area contributed by atoms with Crippen molar-refractivity contribution in [3.63, 3.8) is 0 Å². The van der Waals surface area contributed by atoms with Crippen LogP contribution in [0.2, 0.25) is 0 Å². The van der Waals surface area contributed by atoms with Gasteiger partial charge in [-0.2, -0.15) is 0 Å². The van der Waals surface area contributed by atoms with Crippen molar-refractivity contribution in [2.24, 2.45) is 0 Å². The van der Waals surface area contributed by atoms with E-state index in [0.717, 1.165) is 30.4 Å². The lowest BCUT2D eigenvalue weighted by molar-refractivity contribution is 0.601. The largest absolute Gasteiger partial charge is 0.279 e. The van der Waals surface area contributed by atoms with E-state index in [0.29, 0.717) is 10.6 Å². The SMILES string of the molecule is CCCCc1ccc(S(=O)(=O)Nc2cc(C)ccc2C)cc1. The van der Waals surface area contributed by atoms with Crippen LogP contribution in [0.4, 0.5) is 5.69 Å². The van der Waals surface area contributed by atoms with Crippen molar-refractivity contribution >= 4 is 15.7 Å². The monoisotopic (exact) mass is 317 g/mol. The van der Waals surface area contributed by atoms with Gasteiger partial charge in [-0.05, 0) is 61.6 Å². The molecule has 0 aliphatic carbocycles. The maximum Gasteiger partial charge on any atom is 0.261 e. The van der Waals surface area contributed by atoms with Crippen LogP contribution in [0.3, 0.4) is 0 Å². The zero-order chi connectivity index (χ0) is 16.2. The second kappa shape index (κ2) is 6.97. The van der Waals surface area contributed by atoms with Crippen molar-refractivity contribution < 1.29 is 8.42 Å². The molecule has 4 heteroatoms. The molecule has 0 unspecified atom stereocenters. The number of benzene rings is 2. The Morgan fingerprint density at radius 3 is 2.32 bits per heavy atom. The first kappa shape index (κ1) is 16.6. The highest BCUT2D eigenvalue weighted by Gasteiger charge is 2.15. The Labute approximate surface area is 133 Å². The Balaban J connectivity index is 2.21. The molecule has 2 aromatic carbocycles. The van der Waals surface area contributed by atoms with E-state index in [1.165, 1.54) is 5.56 Å². The molecule has 2 aromatic rings. The molecule has 0 saturated heterocycles. The molecule has 0 atom stereocenters. The van der Waals surface area contributed by atoms with E-state index < -0.39 is 10.0 Å². The highest BCUT2D eigenvalue weighted by Crippen LogP contribution is 2.21. The van der Waals surface area contributed by atoms with Gasteiger partial charge in [0.2, 0.25) is 0 Å². The Kier molecular flexibility index (Phi) is 5.24. The number of unbranched alkanes of at least 4 members (excludes halogenated alkanes) is 1. The zero-order valence-corrected chi connectivity index (χ0v) is 14.2. The molecule has 0 fully saturated rings. The molecule has 0 amide bonds. The molecule has 0 saturated carbocycles. The topological polar surface area (TPSA) is 46.2 Å². The van der Waals surface area contributed by atoms with Crippen LogP contribution in [0, 0.1) is 13.8 Å². The van der Waals surface area contributed by atoms with Gasteiger partial charge in [-0.3, -0.25) is 4.72 Å². The number of nitrogens with one attached hydrogen (secondary N) is 1. The summed E-state index contributed by atoms with van der Waals surface area (Å²) >= 11 is 0. The number of hydrogen-bond acceptors (Lipinski definition) is 2. The van der Waals surface area contributed by atoms with Crippen LogP contribution in [-0.4, -0.2) is 8.42 Å². The summed E-state index contributed by atoms with van der Waals surface area (Å²) in [6.07, 6.45) is 3.24. The minimum Gasteiger partial charge on any atom is -0.279 e. The summed E-state index contributed by atoms with van der Waals surface area (Å²) in [6, 6.07) is 12.9.